The summed E-state index contributed by atoms with van der Waals surface area (Å²) in [5.41, 5.74) is 10.5. The Bertz CT molecular complexity index is 626. The summed E-state index contributed by atoms with van der Waals surface area (Å²) in [4.78, 5) is 0. The normalized spacial score (nSPS) is 12.5. The van der Waals surface area contributed by atoms with E-state index in [-0.39, 0.29) is 11.9 Å². The van der Waals surface area contributed by atoms with Crippen LogP contribution in [0.15, 0.2) is 39.3 Å². The van der Waals surface area contributed by atoms with Crippen LogP contribution < -0.4 is 5.73 Å². The van der Waals surface area contributed by atoms with Crippen LogP contribution in [0.5, 0.6) is 0 Å². The van der Waals surface area contributed by atoms with Crippen LogP contribution in [0.1, 0.15) is 28.3 Å². The van der Waals surface area contributed by atoms with E-state index in [4.69, 9.17) is 5.73 Å². The van der Waals surface area contributed by atoms with Gasteiger partial charge in [-0.1, -0.05) is 44.0 Å². The lowest BCUT2D eigenvalue weighted by atomic mass is 9.94. The molecule has 0 aliphatic rings. The van der Waals surface area contributed by atoms with Crippen molar-refractivity contribution in [1.29, 1.82) is 0 Å². The molecule has 0 bridgehead atoms. The first-order chi connectivity index (χ1) is 8.90. The van der Waals surface area contributed by atoms with Gasteiger partial charge in [-0.15, -0.1) is 0 Å². The van der Waals surface area contributed by atoms with E-state index >= 15 is 0 Å². The van der Waals surface area contributed by atoms with Gasteiger partial charge in [0.2, 0.25) is 0 Å². The zero-order valence-electron chi connectivity index (χ0n) is 10.7. The summed E-state index contributed by atoms with van der Waals surface area (Å²) in [5.74, 6) is -0.272. The Balaban J connectivity index is 2.49. The van der Waals surface area contributed by atoms with Gasteiger partial charge in [0.1, 0.15) is 5.82 Å². The summed E-state index contributed by atoms with van der Waals surface area (Å²) < 4.78 is 14.9. The van der Waals surface area contributed by atoms with Crippen LogP contribution in [0, 0.1) is 19.7 Å². The zero-order chi connectivity index (χ0) is 14.2. The van der Waals surface area contributed by atoms with Gasteiger partial charge in [-0.25, -0.2) is 4.39 Å². The fourth-order valence-electron chi connectivity index (χ4n) is 2.06. The number of hydrogen-bond acceptors (Lipinski definition) is 1. The first-order valence-corrected chi connectivity index (χ1v) is 7.46. The third-order valence-corrected chi connectivity index (χ3v) is 4.72. The number of rotatable bonds is 2. The van der Waals surface area contributed by atoms with Crippen LogP contribution in [0.4, 0.5) is 4.39 Å². The van der Waals surface area contributed by atoms with Gasteiger partial charge in [-0.2, -0.15) is 0 Å². The molecule has 100 valence electrons. The lowest BCUT2D eigenvalue weighted by molar-refractivity contribution is 0.625. The molecule has 0 saturated heterocycles. The van der Waals surface area contributed by atoms with E-state index in [2.05, 4.69) is 44.0 Å². The maximum Gasteiger partial charge on any atom is 0.124 e. The third-order valence-electron chi connectivity index (χ3n) is 3.18. The predicted molar refractivity (Wildman–Crippen MR) is 83.7 cm³/mol. The summed E-state index contributed by atoms with van der Waals surface area (Å²) >= 11 is 6.88. The second-order valence-corrected chi connectivity index (χ2v) is 6.31. The van der Waals surface area contributed by atoms with Crippen molar-refractivity contribution in [1.82, 2.24) is 0 Å². The molecular formula is C15H14Br2FN. The van der Waals surface area contributed by atoms with E-state index in [1.165, 1.54) is 12.1 Å². The van der Waals surface area contributed by atoms with E-state index in [1.54, 1.807) is 6.07 Å². The molecule has 19 heavy (non-hydrogen) atoms. The lowest BCUT2D eigenvalue weighted by Gasteiger charge is -2.18. The molecule has 0 fully saturated rings. The molecule has 0 saturated carbocycles. The molecule has 0 aliphatic carbocycles. The average molecular weight is 387 g/mol. The van der Waals surface area contributed by atoms with Gasteiger partial charge in [-0.05, 0) is 54.3 Å². The average Bonchev–Trinajstić information content (AvgIpc) is 2.33. The van der Waals surface area contributed by atoms with Crippen molar-refractivity contribution in [2.24, 2.45) is 5.73 Å². The van der Waals surface area contributed by atoms with Gasteiger partial charge in [0.05, 0.1) is 6.04 Å². The van der Waals surface area contributed by atoms with Crippen molar-refractivity contribution in [2.75, 3.05) is 0 Å². The van der Waals surface area contributed by atoms with Gasteiger partial charge in [0.25, 0.3) is 0 Å². The Morgan fingerprint density at radius 3 is 2.26 bits per heavy atom. The molecule has 1 atom stereocenters. The monoisotopic (exact) mass is 385 g/mol. The second kappa shape index (κ2) is 5.73. The standard InChI is InChI=1S/C15H14Br2FN/c1-8-6-13(16)9(2)5-12(8)15(19)11-4-3-10(18)7-14(11)17/h3-7,15H,19H2,1-2H3. The fraction of sp³-hybridized carbons (Fsp3) is 0.200. The van der Waals surface area contributed by atoms with Gasteiger partial charge < -0.3 is 5.73 Å². The summed E-state index contributed by atoms with van der Waals surface area (Å²) in [6, 6.07) is 8.45. The fourth-order valence-corrected chi connectivity index (χ4v) is 3.11. The summed E-state index contributed by atoms with van der Waals surface area (Å²) in [5, 5.41) is 0. The highest BCUT2D eigenvalue weighted by Gasteiger charge is 2.16. The molecule has 2 aromatic rings. The molecule has 2 rings (SSSR count). The van der Waals surface area contributed by atoms with Crippen LogP contribution in [0.2, 0.25) is 0 Å². The Hall–Kier alpha value is -0.710. The smallest absolute Gasteiger partial charge is 0.124 e. The predicted octanol–water partition coefficient (Wildman–Crippen LogP) is 5.02. The van der Waals surface area contributed by atoms with Crippen molar-refractivity contribution in [2.45, 2.75) is 19.9 Å². The van der Waals surface area contributed by atoms with Crippen molar-refractivity contribution in [3.63, 3.8) is 0 Å². The van der Waals surface area contributed by atoms with Crippen LogP contribution in [0.25, 0.3) is 0 Å². The number of halogens is 3. The molecule has 0 aromatic heterocycles. The number of aryl methyl sites for hydroxylation is 2. The van der Waals surface area contributed by atoms with Gasteiger partial charge >= 0.3 is 0 Å². The highest BCUT2D eigenvalue weighted by atomic mass is 79.9. The van der Waals surface area contributed by atoms with E-state index in [9.17, 15) is 4.39 Å². The first-order valence-electron chi connectivity index (χ1n) is 5.87. The molecule has 0 radical (unpaired) electrons. The van der Waals surface area contributed by atoms with E-state index in [0.717, 1.165) is 26.7 Å². The molecule has 1 nitrogen and oxygen atoms in total. The van der Waals surface area contributed by atoms with Crippen LogP contribution in [-0.2, 0) is 0 Å². The Morgan fingerprint density at radius 2 is 1.63 bits per heavy atom. The molecular weight excluding hydrogens is 373 g/mol. The minimum absolute atomic E-state index is 0.272. The Kier molecular flexibility index (Phi) is 4.43. The lowest BCUT2D eigenvalue weighted by Crippen LogP contribution is -2.14. The van der Waals surface area contributed by atoms with Crippen molar-refractivity contribution in [3.8, 4) is 0 Å². The topological polar surface area (TPSA) is 26.0 Å². The molecule has 1 unspecified atom stereocenters. The minimum atomic E-state index is -0.276. The van der Waals surface area contributed by atoms with Gasteiger partial charge in [-0.3, -0.25) is 0 Å². The quantitative estimate of drug-likeness (QED) is 0.770. The summed E-state index contributed by atoms with van der Waals surface area (Å²) in [6.07, 6.45) is 0. The molecule has 4 heteroatoms. The van der Waals surface area contributed by atoms with Crippen LogP contribution in [-0.4, -0.2) is 0 Å². The Morgan fingerprint density at radius 1 is 0.947 bits per heavy atom. The highest BCUT2D eigenvalue weighted by molar-refractivity contribution is 9.10. The van der Waals surface area contributed by atoms with Crippen LogP contribution in [0.3, 0.4) is 0 Å². The zero-order valence-corrected chi connectivity index (χ0v) is 13.8. The maximum atomic E-state index is 13.1. The largest absolute Gasteiger partial charge is 0.320 e. The van der Waals surface area contributed by atoms with Crippen molar-refractivity contribution >= 4 is 31.9 Å². The van der Waals surface area contributed by atoms with Crippen LogP contribution >= 0.6 is 31.9 Å². The molecule has 0 aliphatic heterocycles. The van der Waals surface area contributed by atoms with E-state index < -0.39 is 0 Å². The SMILES string of the molecule is Cc1cc(C(N)c2ccc(F)cc2Br)c(C)cc1Br. The highest BCUT2D eigenvalue weighted by Crippen LogP contribution is 2.31. The number of benzene rings is 2. The third kappa shape index (κ3) is 3.07. The summed E-state index contributed by atoms with van der Waals surface area (Å²) in [7, 11) is 0. The first kappa shape index (κ1) is 14.7. The van der Waals surface area contributed by atoms with E-state index in [0.29, 0.717) is 4.47 Å². The van der Waals surface area contributed by atoms with Gasteiger partial charge in [0, 0.05) is 8.95 Å². The molecule has 0 spiro atoms. The molecule has 0 amide bonds. The molecule has 0 heterocycles. The molecule has 2 N–H and O–H groups in total. The maximum absolute atomic E-state index is 13.1. The van der Waals surface area contributed by atoms with Crippen molar-refractivity contribution in [3.05, 3.63) is 67.3 Å². The van der Waals surface area contributed by atoms with Crippen molar-refractivity contribution < 1.29 is 4.39 Å². The second-order valence-electron chi connectivity index (χ2n) is 4.60. The Labute approximate surface area is 129 Å². The molecule has 2 aromatic carbocycles. The number of nitrogens with two attached hydrogens (primary N) is 1. The summed E-state index contributed by atoms with van der Waals surface area (Å²) in [6.45, 7) is 4.05. The number of hydrogen-bond donors (Lipinski definition) is 1. The minimum Gasteiger partial charge on any atom is -0.320 e. The van der Waals surface area contributed by atoms with E-state index in [1.807, 2.05) is 13.8 Å². The van der Waals surface area contributed by atoms with Gasteiger partial charge in [0.15, 0.2) is 0 Å².